The van der Waals surface area contributed by atoms with Crippen molar-refractivity contribution in [1.82, 2.24) is 10.2 Å². The van der Waals surface area contributed by atoms with Gasteiger partial charge in [-0.15, -0.1) is 0 Å². The summed E-state index contributed by atoms with van der Waals surface area (Å²) in [6.07, 6.45) is 0. The Bertz CT molecular complexity index is 439. The van der Waals surface area contributed by atoms with Crippen molar-refractivity contribution in [1.29, 1.82) is 0 Å². The van der Waals surface area contributed by atoms with E-state index in [-0.39, 0.29) is 17.0 Å². The fourth-order valence-corrected chi connectivity index (χ4v) is 2.06. The van der Waals surface area contributed by atoms with E-state index in [2.05, 4.69) is 5.32 Å². The topological polar surface area (TPSA) is 32.3 Å². The van der Waals surface area contributed by atoms with E-state index < -0.39 is 5.82 Å². The molecule has 17 heavy (non-hydrogen) atoms. The molecule has 3 nitrogen and oxygen atoms in total. The summed E-state index contributed by atoms with van der Waals surface area (Å²) in [5, 5.41) is 3.24. The van der Waals surface area contributed by atoms with Gasteiger partial charge in [-0.25, -0.2) is 4.39 Å². The predicted molar refractivity (Wildman–Crippen MR) is 64.8 cm³/mol. The number of rotatable bonds is 1. The van der Waals surface area contributed by atoms with Crippen LogP contribution in [0.1, 0.15) is 17.3 Å². The number of halogens is 2. The van der Waals surface area contributed by atoms with E-state index in [0.717, 1.165) is 13.1 Å². The molecule has 1 amide bonds. The zero-order valence-corrected chi connectivity index (χ0v) is 10.3. The summed E-state index contributed by atoms with van der Waals surface area (Å²) in [6.45, 7) is 4.15. The highest BCUT2D eigenvalue weighted by Crippen LogP contribution is 2.18. The first-order chi connectivity index (χ1) is 8.09. The van der Waals surface area contributed by atoms with Crippen molar-refractivity contribution in [2.75, 3.05) is 19.6 Å². The van der Waals surface area contributed by atoms with Crippen LogP contribution in [0, 0.1) is 5.82 Å². The summed E-state index contributed by atoms with van der Waals surface area (Å²) < 4.78 is 13.3. The van der Waals surface area contributed by atoms with Crippen LogP contribution in [-0.2, 0) is 0 Å². The second kappa shape index (κ2) is 5.02. The van der Waals surface area contributed by atoms with Crippen LogP contribution in [0.25, 0.3) is 0 Å². The van der Waals surface area contributed by atoms with E-state index in [0.29, 0.717) is 12.1 Å². The van der Waals surface area contributed by atoms with Gasteiger partial charge in [0.25, 0.3) is 5.91 Å². The molecular formula is C12H14ClFN2O. The Morgan fingerprint density at radius 2 is 2.35 bits per heavy atom. The molecule has 1 aliphatic rings. The average molecular weight is 257 g/mol. The van der Waals surface area contributed by atoms with Crippen LogP contribution in [0.2, 0.25) is 5.02 Å². The molecule has 0 aliphatic carbocycles. The van der Waals surface area contributed by atoms with E-state index in [1.807, 2.05) is 6.92 Å². The smallest absolute Gasteiger partial charge is 0.254 e. The van der Waals surface area contributed by atoms with Crippen molar-refractivity contribution in [3.05, 3.63) is 34.6 Å². The lowest BCUT2D eigenvalue weighted by molar-refractivity contribution is 0.0655. The molecule has 1 aromatic carbocycles. The first-order valence-corrected chi connectivity index (χ1v) is 5.94. The summed E-state index contributed by atoms with van der Waals surface area (Å²) in [6, 6.07) is 4.29. The minimum Gasteiger partial charge on any atom is -0.333 e. The second-order valence-electron chi connectivity index (χ2n) is 4.18. The molecule has 0 unspecified atom stereocenters. The van der Waals surface area contributed by atoms with Crippen LogP contribution in [0.4, 0.5) is 4.39 Å². The summed E-state index contributed by atoms with van der Waals surface area (Å²) >= 11 is 5.59. The maximum atomic E-state index is 13.3. The lowest BCUT2D eigenvalue weighted by atomic mass is 10.1. The Morgan fingerprint density at radius 3 is 3.00 bits per heavy atom. The third-order valence-corrected chi connectivity index (χ3v) is 3.24. The van der Waals surface area contributed by atoms with Crippen molar-refractivity contribution in [2.45, 2.75) is 13.0 Å². The van der Waals surface area contributed by atoms with Gasteiger partial charge in [0.05, 0.1) is 5.02 Å². The Balaban J connectivity index is 2.21. The molecule has 1 N–H and O–H groups in total. The molecule has 1 aromatic rings. The maximum Gasteiger partial charge on any atom is 0.254 e. The summed E-state index contributed by atoms with van der Waals surface area (Å²) in [4.78, 5) is 13.9. The third-order valence-electron chi connectivity index (χ3n) is 2.93. The Labute approximate surface area is 105 Å². The SMILES string of the molecule is C[C@@H]1CNCCN1C(=O)c1ccc(Cl)c(F)c1. The van der Waals surface area contributed by atoms with E-state index in [9.17, 15) is 9.18 Å². The van der Waals surface area contributed by atoms with Crippen LogP contribution in [0.5, 0.6) is 0 Å². The van der Waals surface area contributed by atoms with Crippen molar-refractivity contribution in [2.24, 2.45) is 0 Å². The third kappa shape index (κ3) is 2.58. The van der Waals surface area contributed by atoms with Crippen molar-refractivity contribution in [3.63, 3.8) is 0 Å². The number of hydrogen-bond acceptors (Lipinski definition) is 2. The number of carbonyl (C=O) groups is 1. The standard InChI is InChI=1S/C12H14ClFN2O/c1-8-7-15-4-5-16(8)12(17)9-2-3-10(13)11(14)6-9/h2-3,6,8,15H,4-5,7H2,1H3/t8-/m1/s1. The molecule has 0 radical (unpaired) electrons. The summed E-state index contributed by atoms with van der Waals surface area (Å²) in [5.74, 6) is -0.699. The van der Waals surface area contributed by atoms with Gasteiger partial charge in [0.1, 0.15) is 5.82 Å². The molecule has 1 atom stereocenters. The molecule has 2 rings (SSSR count). The number of amides is 1. The maximum absolute atomic E-state index is 13.3. The van der Waals surface area contributed by atoms with Gasteiger partial charge in [-0.2, -0.15) is 0 Å². The molecule has 1 saturated heterocycles. The van der Waals surface area contributed by atoms with Gasteiger partial charge < -0.3 is 10.2 Å². The first-order valence-electron chi connectivity index (χ1n) is 5.56. The zero-order valence-electron chi connectivity index (χ0n) is 9.54. The van der Waals surface area contributed by atoms with E-state index in [1.54, 1.807) is 11.0 Å². The lowest BCUT2D eigenvalue weighted by Gasteiger charge is -2.34. The fourth-order valence-electron chi connectivity index (χ4n) is 1.94. The van der Waals surface area contributed by atoms with Crippen LogP contribution in [0.15, 0.2) is 18.2 Å². The minimum absolute atomic E-state index is 0.0370. The lowest BCUT2D eigenvalue weighted by Crippen LogP contribution is -2.52. The van der Waals surface area contributed by atoms with Crippen LogP contribution in [-0.4, -0.2) is 36.5 Å². The molecule has 0 saturated carbocycles. The molecule has 5 heteroatoms. The quantitative estimate of drug-likeness (QED) is 0.833. The van der Waals surface area contributed by atoms with Crippen LogP contribution < -0.4 is 5.32 Å². The molecule has 1 heterocycles. The fraction of sp³-hybridized carbons (Fsp3) is 0.417. The highest BCUT2D eigenvalue weighted by atomic mass is 35.5. The molecule has 92 valence electrons. The minimum atomic E-state index is -0.555. The number of nitrogens with one attached hydrogen (secondary N) is 1. The van der Waals surface area contributed by atoms with Crippen molar-refractivity contribution >= 4 is 17.5 Å². The van der Waals surface area contributed by atoms with Gasteiger partial charge in [-0.05, 0) is 25.1 Å². The Kier molecular flexibility index (Phi) is 3.64. The molecule has 1 fully saturated rings. The van der Waals surface area contributed by atoms with E-state index in [4.69, 9.17) is 11.6 Å². The van der Waals surface area contributed by atoms with Crippen LogP contribution in [0.3, 0.4) is 0 Å². The number of carbonyl (C=O) groups excluding carboxylic acids is 1. The molecule has 0 bridgehead atoms. The highest BCUT2D eigenvalue weighted by Gasteiger charge is 2.24. The number of hydrogen-bond donors (Lipinski definition) is 1. The van der Waals surface area contributed by atoms with Gasteiger partial charge in [-0.1, -0.05) is 11.6 Å². The number of benzene rings is 1. The molecule has 0 aromatic heterocycles. The second-order valence-corrected chi connectivity index (χ2v) is 4.59. The number of piperazine rings is 1. The van der Waals surface area contributed by atoms with E-state index in [1.165, 1.54) is 12.1 Å². The van der Waals surface area contributed by atoms with E-state index >= 15 is 0 Å². The van der Waals surface area contributed by atoms with Crippen LogP contribution >= 0.6 is 11.6 Å². The van der Waals surface area contributed by atoms with Gasteiger partial charge in [0, 0.05) is 31.2 Å². The normalized spacial score (nSPS) is 20.4. The van der Waals surface area contributed by atoms with Gasteiger partial charge >= 0.3 is 0 Å². The molecule has 0 spiro atoms. The molecular weight excluding hydrogens is 243 g/mol. The highest BCUT2D eigenvalue weighted by molar-refractivity contribution is 6.30. The first kappa shape index (κ1) is 12.3. The zero-order chi connectivity index (χ0) is 12.4. The average Bonchev–Trinajstić information content (AvgIpc) is 2.32. The summed E-state index contributed by atoms with van der Waals surface area (Å²) in [7, 11) is 0. The van der Waals surface area contributed by atoms with Gasteiger partial charge in [-0.3, -0.25) is 4.79 Å². The Hall–Kier alpha value is -1.13. The molecule has 1 aliphatic heterocycles. The number of nitrogens with zero attached hydrogens (tertiary/aromatic N) is 1. The Morgan fingerprint density at radius 1 is 1.59 bits per heavy atom. The monoisotopic (exact) mass is 256 g/mol. The van der Waals surface area contributed by atoms with Gasteiger partial charge in [0.15, 0.2) is 0 Å². The van der Waals surface area contributed by atoms with Crippen molar-refractivity contribution < 1.29 is 9.18 Å². The van der Waals surface area contributed by atoms with Gasteiger partial charge in [0.2, 0.25) is 0 Å². The predicted octanol–water partition coefficient (Wildman–Crippen LogP) is 1.91. The van der Waals surface area contributed by atoms with Crippen molar-refractivity contribution in [3.8, 4) is 0 Å². The summed E-state index contributed by atoms with van der Waals surface area (Å²) in [5.41, 5.74) is 0.348. The largest absolute Gasteiger partial charge is 0.333 e.